The topological polar surface area (TPSA) is 52.6 Å². The minimum Gasteiger partial charge on any atom is -0.488 e. The van der Waals surface area contributed by atoms with Crippen LogP contribution in [0.25, 0.3) is 11.1 Å². The van der Waals surface area contributed by atoms with Crippen LogP contribution in [0, 0.1) is 0 Å². The second-order valence-corrected chi connectivity index (χ2v) is 6.93. The lowest BCUT2D eigenvalue weighted by Gasteiger charge is -2.13. The number of Topliss-reactive ketones (excluding diaryl/α,β-unsaturated/α-hetero) is 1. The number of rotatable bonds is 10. The van der Waals surface area contributed by atoms with Gasteiger partial charge in [-0.05, 0) is 42.2 Å². The molecule has 0 atom stereocenters. The second kappa shape index (κ2) is 11.0. The molecule has 3 aromatic carbocycles. The molecule has 0 bridgehead atoms. The van der Waals surface area contributed by atoms with Crippen LogP contribution in [0.5, 0.6) is 5.75 Å². The van der Waals surface area contributed by atoms with Crippen LogP contribution in [-0.4, -0.2) is 18.4 Å². The van der Waals surface area contributed by atoms with E-state index >= 15 is 0 Å². The van der Waals surface area contributed by atoms with E-state index in [2.05, 4.69) is 0 Å². The zero-order chi connectivity index (χ0) is 21.2. The van der Waals surface area contributed by atoms with Gasteiger partial charge in [-0.15, -0.1) is 0 Å². The molecule has 0 heterocycles. The van der Waals surface area contributed by atoms with E-state index in [0.717, 1.165) is 16.7 Å². The molecular weight excluding hydrogens is 376 g/mol. The average molecular weight is 402 g/mol. The summed E-state index contributed by atoms with van der Waals surface area (Å²) < 4.78 is 11.0. The molecule has 0 unspecified atom stereocenters. The summed E-state index contributed by atoms with van der Waals surface area (Å²) in [5, 5.41) is 0. The Morgan fingerprint density at radius 3 is 2.20 bits per heavy atom. The Morgan fingerprint density at radius 1 is 0.800 bits per heavy atom. The fourth-order valence-corrected chi connectivity index (χ4v) is 3.18. The molecule has 3 aromatic rings. The van der Waals surface area contributed by atoms with Crippen LogP contribution in [0.1, 0.15) is 42.1 Å². The Balaban J connectivity index is 1.78. The van der Waals surface area contributed by atoms with Gasteiger partial charge in [0.15, 0.2) is 5.78 Å². The molecule has 0 N–H and O–H groups in total. The Bertz CT molecular complexity index is 965. The summed E-state index contributed by atoms with van der Waals surface area (Å²) in [5.74, 6) is 0.244. The predicted octanol–water partition coefficient (Wildman–Crippen LogP) is 5.85. The molecular formula is C26H26O4. The van der Waals surface area contributed by atoms with Crippen LogP contribution in [-0.2, 0) is 16.1 Å². The summed E-state index contributed by atoms with van der Waals surface area (Å²) in [6, 6.07) is 25.5. The van der Waals surface area contributed by atoms with E-state index in [-0.39, 0.29) is 24.6 Å². The number of ketones is 1. The summed E-state index contributed by atoms with van der Waals surface area (Å²) in [4.78, 5) is 24.4. The number of hydrogen-bond donors (Lipinski definition) is 0. The first kappa shape index (κ1) is 21.3. The van der Waals surface area contributed by atoms with Gasteiger partial charge in [-0.3, -0.25) is 9.59 Å². The van der Waals surface area contributed by atoms with E-state index in [1.54, 1.807) is 6.92 Å². The second-order valence-electron chi connectivity index (χ2n) is 6.93. The lowest BCUT2D eigenvalue weighted by molar-refractivity contribution is -0.143. The maximum Gasteiger partial charge on any atom is 0.305 e. The highest BCUT2D eigenvalue weighted by atomic mass is 16.5. The van der Waals surface area contributed by atoms with Gasteiger partial charge >= 0.3 is 5.97 Å². The molecule has 0 saturated heterocycles. The van der Waals surface area contributed by atoms with Crippen LogP contribution < -0.4 is 4.74 Å². The van der Waals surface area contributed by atoms with Crippen LogP contribution in [0.3, 0.4) is 0 Å². The van der Waals surface area contributed by atoms with Crippen molar-refractivity contribution in [3.05, 3.63) is 90.0 Å². The van der Waals surface area contributed by atoms with Crippen molar-refractivity contribution in [2.24, 2.45) is 0 Å². The highest BCUT2D eigenvalue weighted by Crippen LogP contribution is 2.29. The van der Waals surface area contributed by atoms with Gasteiger partial charge in [0.1, 0.15) is 12.4 Å². The van der Waals surface area contributed by atoms with Gasteiger partial charge in [0.2, 0.25) is 0 Å². The minimum absolute atomic E-state index is 0.0398. The zero-order valence-corrected chi connectivity index (χ0v) is 17.2. The van der Waals surface area contributed by atoms with Crippen LogP contribution in [0.15, 0.2) is 78.9 Å². The highest BCUT2D eigenvalue weighted by molar-refractivity contribution is 5.99. The maximum absolute atomic E-state index is 12.8. The Labute approximate surface area is 177 Å². The van der Waals surface area contributed by atoms with Crippen molar-refractivity contribution in [3.63, 3.8) is 0 Å². The molecule has 0 aromatic heterocycles. The first-order chi connectivity index (χ1) is 14.7. The van der Waals surface area contributed by atoms with Gasteiger partial charge in [-0.2, -0.15) is 0 Å². The molecule has 0 saturated carbocycles. The van der Waals surface area contributed by atoms with Crippen LogP contribution >= 0.6 is 0 Å². The number of benzene rings is 3. The van der Waals surface area contributed by atoms with Crippen molar-refractivity contribution < 1.29 is 19.1 Å². The van der Waals surface area contributed by atoms with Gasteiger partial charge in [0.25, 0.3) is 0 Å². The van der Waals surface area contributed by atoms with Gasteiger partial charge in [0.05, 0.1) is 12.2 Å². The number of hydrogen-bond acceptors (Lipinski definition) is 4. The molecule has 0 aliphatic carbocycles. The molecule has 3 rings (SSSR count). The van der Waals surface area contributed by atoms with E-state index in [9.17, 15) is 9.59 Å². The third kappa shape index (κ3) is 6.05. The summed E-state index contributed by atoms with van der Waals surface area (Å²) in [5.41, 5.74) is 3.61. The van der Waals surface area contributed by atoms with Gasteiger partial charge in [-0.1, -0.05) is 66.7 Å². The van der Waals surface area contributed by atoms with Crippen molar-refractivity contribution in [3.8, 4) is 16.9 Å². The molecule has 154 valence electrons. The molecule has 0 aliphatic heterocycles. The van der Waals surface area contributed by atoms with Crippen LogP contribution in [0.4, 0.5) is 0 Å². The van der Waals surface area contributed by atoms with Gasteiger partial charge in [0, 0.05) is 12.8 Å². The smallest absolute Gasteiger partial charge is 0.305 e. The molecule has 30 heavy (non-hydrogen) atoms. The zero-order valence-electron chi connectivity index (χ0n) is 17.2. The van der Waals surface area contributed by atoms with E-state index < -0.39 is 0 Å². The average Bonchev–Trinajstić information content (AvgIpc) is 2.79. The van der Waals surface area contributed by atoms with Crippen molar-refractivity contribution in [2.75, 3.05) is 6.61 Å². The van der Waals surface area contributed by atoms with Gasteiger partial charge < -0.3 is 9.47 Å². The first-order valence-corrected chi connectivity index (χ1v) is 10.2. The van der Waals surface area contributed by atoms with E-state index in [1.165, 1.54) is 0 Å². The molecule has 0 amide bonds. The van der Waals surface area contributed by atoms with E-state index in [0.29, 0.717) is 30.9 Å². The largest absolute Gasteiger partial charge is 0.488 e. The highest BCUT2D eigenvalue weighted by Gasteiger charge is 2.15. The fraction of sp³-hybridized carbons (Fsp3) is 0.231. The van der Waals surface area contributed by atoms with Gasteiger partial charge in [-0.25, -0.2) is 0 Å². The SMILES string of the molecule is CCOC(=O)CCCC(=O)c1ccc(-c2ccccc2)cc1OCc1ccccc1. The van der Waals surface area contributed by atoms with Crippen LogP contribution in [0.2, 0.25) is 0 Å². The van der Waals surface area contributed by atoms with E-state index in [1.807, 2.05) is 78.9 Å². The number of carbonyl (C=O) groups is 2. The molecule has 4 heteroatoms. The summed E-state index contributed by atoms with van der Waals surface area (Å²) in [6.45, 7) is 2.50. The first-order valence-electron chi connectivity index (χ1n) is 10.2. The van der Waals surface area contributed by atoms with Crippen molar-refractivity contribution in [1.82, 2.24) is 0 Å². The summed E-state index contributed by atoms with van der Waals surface area (Å²) in [7, 11) is 0. The number of ether oxygens (including phenoxy) is 2. The third-order valence-corrected chi connectivity index (χ3v) is 4.72. The fourth-order valence-electron chi connectivity index (χ4n) is 3.18. The summed E-state index contributed by atoms with van der Waals surface area (Å²) in [6.07, 6.45) is 0.962. The predicted molar refractivity (Wildman–Crippen MR) is 117 cm³/mol. The molecule has 0 spiro atoms. The Hall–Kier alpha value is -3.40. The van der Waals surface area contributed by atoms with Crippen molar-refractivity contribution >= 4 is 11.8 Å². The Morgan fingerprint density at radius 2 is 1.50 bits per heavy atom. The molecule has 0 radical (unpaired) electrons. The Kier molecular flexibility index (Phi) is 7.78. The minimum atomic E-state index is -0.273. The molecule has 0 fully saturated rings. The monoisotopic (exact) mass is 402 g/mol. The van der Waals surface area contributed by atoms with Crippen molar-refractivity contribution in [1.29, 1.82) is 0 Å². The number of esters is 1. The third-order valence-electron chi connectivity index (χ3n) is 4.72. The summed E-state index contributed by atoms with van der Waals surface area (Å²) >= 11 is 0. The van der Waals surface area contributed by atoms with E-state index in [4.69, 9.17) is 9.47 Å². The van der Waals surface area contributed by atoms with Crippen molar-refractivity contribution in [2.45, 2.75) is 32.8 Å². The molecule has 0 aliphatic rings. The quantitative estimate of drug-likeness (QED) is 0.315. The maximum atomic E-state index is 12.8. The number of carbonyl (C=O) groups excluding carboxylic acids is 2. The molecule has 4 nitrogen and oxygen atoms in total. The lowest BCUT2D eigenvalue weighted by atomic mass is 9.99. The normalized spacial score (nSPS) is 10.4. The standard InChI is InChI=1S/C26H26O4/c1-2-29-26(28)15-9-14-24(27)23-17-16-22(21-12-7-4-8-13-21)18-25(23)30-19-20-10-5-3-6-11-20/h3-8,10-13,16-18H,2,9,14-15,19H2,1H3. The lowest BCUT2D eigenvalue weighted by Crippen LogP contribution is -2.07.